The van der Waals surface area contributed by atoms with Crippen LogP contribution < -0.4 is 9.62 Å². The van der Waals surface area contributed by atoms with Gasteiger partial charge in [0.05, 0.1) is 10.6 Å². The standard InChI is InChI=1S/C34H35Cl2N3O4S/c1-4-37-34(41)32(20-26-10-6-5-7-11-26)38(22-27-12-8-9-13-30(27)36)33(40)23-39(31-21-28(35)17-16-25(31)3)44(42,43)29-18-14-24(2)15-19-29/h5-19,21,32H,4,20,22-23H2,1-3H3,(H,37,41). The monoisotopic (exact) mass is 651 g/mol. The minimum Gasteiger partial charge on any atom is -0.355 e. The third-order valence-corrected chi connectivity index (χ3v) is 9.63. The van der Waals surface area contributed by atoms with Crippen molar-refractivity contribution in [2.45, 2.75) is 44.7 Å². The van der Waals surface area contributed by atoms with Gasteiger partial charge in [0.2, 0.25) is 11.8 Å². The number of likely N-dealkylation sites (N-methyl/N-ethyl adjacent to an activating group) is 1. The zero-order chi connectivity index (χ0) is 31.9. The lowest BCUT2D eigenvalue weighted by Crippen LogP contribution is -2.53. The first-order valence-electron chi connectivity index (χ1n) is 14.2. The normalized spacial score (nSPS) is 11.9. The van der Waals surface area contributed by atoms with Crippen LogP contribution in [0.1, 0.15) is 29.2 Å². The predicted molar refractivity (Wildman–Crippen MR) is 177 cm³/mol. The van der Waals surface area contributed by atoms with Crippen molar-refractivity contribution in [3.05, 3.63) is 129 Å². The second-order valence-electron chi connectivity index (χ2n) is 10.5. The number of anilines is 1. The van der Waals surface area contributed by atoms with E-state index >= 15 is 0 Å². The van der Waals surface area contributed by atoms with Gasteiger partial charge in [-0.1, -0.05) is 95.5 Å². The molecule has 0 radical (unpaired) electrons. The van der Waals surface area contributed by atoms with Crippen LogP contribution in [0.2, 0.25) is 10.0 Å². The molecular formula is C34H35Cl2N3O4S. The number of sulfonamides is 1. The van der Waals surface area contributed by atoms with Gasteiger partial charge in [0.1, 0.15) is 12.6 Å². The second-order valence-corrected chi connectivity index (χ2v) is 13.2. The number of hydrogen-bond acceptors (Lipinski definition) is 4. The zero-order valence-electron chi connectivity index (χ0n) is 24.8. The molecule has 0 fully saturated rings. The summed E-state index contributed by atoms with van der Waals surface area (Å²) in [6.45, 7) is 5.18. The lowest BCUT2D eigenvalue weighted by Gasteiger charge is -2.34. The summed E-state index contributed by atoms with van der Waals surface area (Å²) in [4.78, 5) is 29.5. The summed E-state index contributed by atoms with van der Waals surface area (Å²) in [6.07, 6.45) is 0.212. The Morgan fingerprint density at radius 3 is 2.18 bits per heavy atom. The van der Waals surface area contributed by atoms with Crippen molar-refractivity contribution >= 4 is 50.7 Å². The van der Waals surface area contributed by atoms with Gasteiger partial charge in [0.15, 0.2) is 0 Å². The van der Waals surface area contributed by atoms with E-state index in [1.165, 1.54) is 23.1 Å². The predicted octanol–water partition coefficient (Wildman–Crippen LogP) is 6.58. The summed E-state index contributed by atoms with van der Waals surface area (Å²) < 4.78 is 29.4. The number of carbonyl (C=O) groups is 2. The maximum Gasteiger partial charge on any atom is 0.264 e. The average molecular weight is 653 g/mol. The maximum atomic E-state index is 14.5. The zero-order valence-corrected chi connectivity index (χ0v) is 27.2. The number of hydrogen-bond donors (Lipinski definition) is 1. The quantitative estimate of drug-likeness (QED) is 0.187. The van der Waals surface area contributed by atoms with E-state index in [4.69, 9.17) is 23.2 Å². The molecule has 10 heteroatoms. The number of amides is 2. The van der Waals surface area contributed by atoms with Crippen LogP contribution in [0.25, 0.3) is 0 Å². The highest BCUT2D eigenvalue weighted by molar-refractivity contribution is 7.92. The Morgan fingerprint density at radius 2 is 1.52 bits per heavy atom. The first-order chi connectivity index (χ1) is 21.0. The fourth-order valence-corrected chi connectivity index (χ4v) is 6.69. The van der Waals surface area contributed by atoms with Crippen LogP contribution in [0.4, 0.5) is 5.69 Å². The van der Waals surface area contributed by atoms with Gasteiger partial charge in [-0.2, -0.15) is 0 Å². The van der Waals surface area contributed by atoms with Crippen molar-refractivity contribution in [3.63, 3.8) is 0 Å². The smallest absolute Gasteiger partial charge is 0.264 e. The number of halogens is 2. The summed E-state index contributed by atoms with van der Waals surface area (Å²) in [7, 11) is -4.23. The number of nitrogens with one attached hydrogen (secondary N) is 1. The average Bonchev–Trinajstić information content (AvgIpc) is 3.00. The van der Waals surface area contributed by atoms with Gasteiger partial charge in [-0.05, 0) is 67.8 Å². The minimum absolute atomic E-state index is 0.0138. The second kappa shape index (κ2) is 14.8. The van der Waals surface area contributed by atoms with E-state index in [0.29, 0.717) is 27.7 Å². The van der Waals surface area contributed by atoms with E-state index in [2.05, 4.69) is 5.32 Å². The SMILES string of the molecule is CCNC(=O)C(Cc1ccccc1)N(Cc1ccccc1Cl)C(=O)CN(c1cc(Cl)ccc1C)S(=O)(=O)c1ccc(C)cc1. The molecule has 4 rings (SSSR count). The molecule has 0 bridgehead atoms. The Bertz CT molecular complexity index is 1710. The van der Waals surface area contributed by atoms with Gasteiger partial charge in [0, 0.05) is 29.6 Å². The Labute approximate surface area is 269 Å². The highest BCUT2D eigenvalue weighted by atomic mass is 35.5. The van der Waals surface area contributed by atoms with E-state index in [0.717, 1.165) is 15.4 Å². The van der Waals surface area contributed by atoms with E-state index < -0.39 is 28.5 Å². The van der Waals surface area contributed by atoms with Crippen molar-refractivity contribution in [2.75, 3.05) is 17.4 Å². The highest BCUT2D eigenvalue weighted by Gasteiger charge is 2.35. The molecule has 0 aliphatic rings. The number of aryl methyl sites for hydroxylation is 2. The number of rotatable bonds is 12. The van der Waals surface area contributed by atoms with Crippen LogP contribution in [-0.2, 0) is 32.6 Å². The van der Waals surface area contributed by atoms with Crippen molar-refractivity contribution in [3.8, 4) is 0 Å². The molecule has 0 saturated carbocycles. The minimum atomic E-state index is -4.23. The van der Waals surface area contributed by atoms with Gasteiger partial charge < -0.3 is 10.2 Å². The fraction of sp³-hybridized carbons (Fsp3) is 0.235. The molecular weight excluding hydrogens is 617 g/mol. The molecule has 1 atom stereocenters. The van der Waals surface area contributed by atoms with Gasteiger partial charge >= 0.3 is 0 Å². The van der Waals surface area contributed by atoms with E-state index in [1.54, 1.807) is 62.4 Å². The molecule has 1 unspecified atom stereocenters. The lowest BCUT2D eigenvalue weighted by atomic mass is 10.0. The van der Waals surface area contributed by atoms with Crippen LogP contribution >= 0.6 is 23.2 Å². The van der Waals surface area contributed by atoms with Gasteiger partial charge in [-0.3, -0.25) is 13.9 Å². The number of carbonyl (C=O) groups excluding carboxylic acids is 2. The van der Waals surface area contributed by atoms with Crippen LogP contribution in [0.3, 0.4) is 0 Å². The Morgan fingerprint density at radius 1 is 0.864 bits per heavy atom. The van der Waals surface area contributed by atoms with Crippen molar-refractivity contribution in [2.24, 2.45) is 0 Å². The van der Waals surface area contributed by atoms with Crippen LogP contribution in [0.5, 0.6) is 0 Å². The summed E-state index contributed by atoms with van der Waals surface area (Å²) in [5.74, 6) is -0.934. The molecule has 0 saturated heterocycles. The molecule has 0 aliphatic heterocycles. The molecule has 230 valence electrons. The Balaban J connectivity index is 1.83. The molecule has 0 heterocycles. The molecule has 0 aromatic heterocycles. The molecule has 2 amide bonds. The van der Waals surface area contributed by atoms with Crippen LogP contribution in [0.15, 0.2) is 102 Å². The topological polar surface area (TPSA) is 86.8 Å². The van der Waals surface area contributed by atoms with Crippen molar-refractivity contribution in [1.29, 1.82) is 0 Å². The van der Waals surface area contributed by atoms with Gasteiger partial charge in [-0.15, -0.1) is 0 Å². The summed E-state index contributed by atoms with van der Waals surface area (Å²) in [5, 5.41) is 3.59. The first-order valence-corrected chi connectivity index (χ1v) is 16.4. The molecule has 7 nitrogen and oxygen atoms in total. The van der Waals surface area contributed by atoms with Crippen molar-refractivity contribution < 1.29 is 18.0 Å². The van der Waals surface area contributed by atoms with Crippen LogP contribution in [-0.4, -0.2) is 44.3 Å². The molecule has 44 heavy (non-hydrogen) atoms. The fourth-order valence-electron chi connectivity index (χ4n) is 4.86. The summed E-state index contributed by atoms with van der Waals surface area (Å²) in [6, 6.07) is 26.8. The van der Waals surface area contributed by atoms with E-state index in [-0.39, 0.29) is 29.5 Å². The molecule has 0 aliphatic carbocycles. The number of benzene rings is 4. The Kier molecular flexibility index (Phi) is 11.1. The largest absolute Gasteiger partial charge is 0.355 e. The lowest BCUT2D eigenvalue weighted by molar-refractivity contribution is -0.140. The summed E-state index contributed by atoms with van der Waals surface area (Å²) in [5.41, 5.74) is 3.23. The highest BCUT2D eigenvalue weighted by Crippen LogP contribution is 2.30. The van der Waals surface area contributed by atoms with Gasteiger partial charge in [0.25, 0.3) is 10.0 Å². The Hall–Kier alpha value is -3.85. The van der Waals surface area contributed by atoms with Gasteiger partial charge in [-0.25, -0.2) is 8.42 Å². The van der Waals surface area contributed by atoms with Crippen molar-refractivity contribution in [1.82, 2.24) is 10.2 Å². The molecule has 1 N–H and O–H groups in total. The number of nitrogens with zero attached hydrogens (tertiary/aromatic N) is 2. The third kappa shape index (κ3) is 8.00. The maximum absolute atomic E-state index is 14.5. The first kappa shape index (κ1) is 33.1. The molecule has 4 aromatic rings. The molecule has 0 spiro atoms. The third-order valence-electron chi connectivity index (χ3n) is 7.25. The molecule has 4 aromatic carbocycles. The van der Waals surface area contributed by atoms with E-state index in [1.807, 2.05) is 37.3 Å². The van der Waals surface area contributed by atoms with E-state index in [9.17, 15) is 18.0 Å². The summed E-state index contributed by atoms with van der Waals surface area (Å²) >= 11 is 12.9. The van der Waals surface area contributed by atoms with Crippen LogP contribution in [0, 0.1) is 13.8 Å².